The molecule has 0 aromatic carbocycles. The maximum absolute atomic E-state index is 3.81. The SMILES string of the molecule is CCC1(C)C2CC[C@@H](CNCCNC3CCCCCCC3)C1C2. The van der Waals surface area contributed by atoms with E-state index in [9.17, 15) is 0 Å². The molecule has 134 valence electrons. The minimum atomic E-state index is 0.682. The van der Waals surface area contributed by atoms with Crippen molar-refractivity contribution in [3.05, 3.63) is 0 Å². The van der Waals surface area contributed by atoms with Crippen molar-refractivity contribution >= 4 is 0 Å². The quantitative estimate of drug-likeness (QED) is 0.662. The van der Waals surface area contributed by atoms with Gasteiger partial charge in [-0.3, -0.25) is 0 Å². The summed E-state index contributed by atoms with van der Waals surface area (Å²) < 4.78 is 0. The van der Waals surface area contributed by atoms with Gasteiger partial charge in [-0.05, 0) is 61.8 Å². The molecule has 0 aromatic rings. The Morgan fingerprint density at radius 2 is 1.65 bits per heavy atom. The fraction of sp³-hybridized carbons (Fsp3) is 1.00. The Kier molecular flexibility index (Phi) is 6.43. The number of hydrogen-bond donors (Lipinski definition) is 2. The molecule has 2 N–H and O–H groups in total. The third kappa shape index (κ3) is 4.12. The molecule has 2 heteroatoms. The van der Waals surface area contributed by atoms with E-state index in [2.05, 4.69) is 24.5 Å². The predicted molar refractivity (Wildman–Crippen MR) is 99.7 cm³/mol. The lowest BCUT2D eigenvalue weighted by Gasteiger charge is -2.61. The Labute approximate surface area is 144 Å². The largest absolute Gasteiger partial charge is 0.315 e. The third-order valence-corrected chi connectivity index (χ3v) is 7.78. The highest BCUT2D eigenvalue weighted by atomic mass is 15.0. The highest BCUT2D eigenvalue weighted by Crippen LogP contribution is 2.62. The summed E-state index contributed by atoms with van der Waals surface area (Å²) in [5, 5.41) is 7.59. The van der Waals surface area contributed by atoms with Crippen molar-refractivity contribution in [2.75, 3.05) is 19.6 Å². The Hall–Kier alpha value is -0.0800. The second-order valence-electron chi connectivity index (χ2n) is 8.94. The van der Waals surface area contributed by atoms with Gasteiger partial charge in [-0.2, -0.15) is 0 Å². The van der Waals surface area contributed by atoms with Crippen LogP contribution in [0.4, 0.5) is 0 Å². The van der Waals surface area contributed by atoms with Gasteiger partial charge in [-0.15, -0.1) is 0 Å². The van der Waals surface area contributed by atoms with E-state index in [0.717, 1.165) is 36.9 Å². The first kappa shape index (κ1) is 17.7. The molecular weight excluding hydrogens is 280 g/mol. The molecular formula is C21H40N2. The molecule has 0 aromatic heterocycles. The summed E-state index contributed by atoms with van der Waals surface area (Å²) >= 11 is 0. The van der Waals surface area contributed by atoms with E-state index in [-0.39, 0.29) is 0 Å². The summed E-state index contributed by atoms with van der Waals surface area (Å²) in [6.45, 7) is 8.56. The summed E-state index contributed by atoms with van der Waals surface area (Å²) in [6, 6.07) is 0.794. The molecule has 4 rings (SSSR count). The van der Waals surface area contributed by atoms with E-state index in [1.807, 2.05) is 0 Å². The molecule has 0 heterocycles. The van der Waals surface area contributed by atoms with Crippen LogP contribution in [0.3, 0.4) is 0 Å². The zero-order valence-electron chi connectivity index (χ0n) is 15.7. The summed E-state index contributed by atoms with van der Waals surface area (Å²) in [4.78, 5) is 0. The first-order valence-corrected chi connectivity index (χ1v) is 10.7. The summed E-state index contributed by atoms with van der Waals surface area (Å²) in [6.07, 6.45) is 15.9. The lowest BCUT2D eigenvalue weighted by atomic mass is 9.44. The maximum atomic E-state index is 3.81. The summed E-state index contributed by atoms with van der Waals surface area (Å²) in [5.41, 5.74) is 0.682. The zero-order chi connectivity index (χ0) is 16.1. The molecule has 23 heavy (non-hydrogen) atoms. The topological polar surface area (TPSA) is 24.1 Å². The van der Waals surface area contributed by atoms with Crippen molar-refractivity contribution in [2.45, 2.75) is 90.5 Å². The van der Waals surface area contributed by atoms with Crippen molar-refractivity contribution in [2.24, 2.45) is 23.2 Å². The van der Waals surface area contributed by atoms with Crippen molar-refractivity contribution in [3.8, 4) is 0 Å². The van der Waals surface area contributed by atoms with Crippen LogP contribution in [-0.2, 0) is 0 Å². The third-order valence-electron chi connectivity index (χ3n) is 7.78. The van der Waals surface area contributed by atoms with Crippen molar-refractivity contribution in [1.29, 1.82) is 0 Å². The highest BCUT2D eigenvalue weighted by Gasteiger charge is 2.55. The van der Waals surface area contributed by atoms with Crippen LogP contribution in [0.5, 0.6) is 0 Å². The second-order valence-corrected chi connectivity index (χ2v) is 8.94. The Morgan fingerprint density at radius 1 is 0.913 bits per heavy atom. The molecule has 4 saturated carbocycles. The predicted octanol–water partition coefficient (Wildman–Crippen LogP) is 4.74. The van der Waals surface area contributed by atoms with Gasteiger partial charge in [0.15, 0.2) is 0 Å². The Balaban J connectivity index is 1.29. The number of rotatable bonds is 7. The fourth-order valence-electron chi connectivity index (χ4n) is 5.89. The van der Waals surface area contributed by atoms with E-state index in [1.165, 1.54) is 77.2 Å². The van der Waals surface area contributed by atoms with Crippen molar-refractivity contribution in [1.82, 2.24) is 10.6 Å². The normalized spacial score (nSPS) is 38.6. The molecule has 0 spiro atoms. The van der Waals surface area contributed by atoms with E-state index < -0.39 is 0 Å². The number of fused-ring (bicyclic) bond motifs is 2. The van der Waals surface area contributed by atoms with Gasteiger partial charge in [0, 0.05) is 19.1 Å². The average Bonchev–Trinajstić information content (AvgIpc) is 2.55. The molecule has 0 amide bonds. The van der Waals surface area contributed by atoms with Crippen LogP contribution in [-0.4, -0.2) is 25.7 Å². The number of hydrogen-bond acceptors (Lipinski definition) is 2. The van der Waals surface area contributed by atoms with Crippen LogP contribution < -0.4 is 10.6 Å². The first-order valence-electron chi connectivity index (χ1n) is 10.7. The van der Waals surface area contributed by atoms with Gasteiger partial charge in [0.1, 0.15) is 0 Å². The van der Waals surface area contributed by atoms with Crippen LogP contribution in [0.25, 0.3) is 0 Å². The lowest BCUT2D eigenvalue weighted by Crippen LogP contribution is -2.55. The molecule has 0 aliphatic heterocycles. The smallest absolute Gasteiger partial charge is 0.00793 e. The highest BCUT2D eigenvalue weighted by molar-refractivity contribution is 5.05. The molecule has 0 radical (unpaired) electrons. The second kappa shape index (κ2) is 8.34. The van der Waals surface area contributed by atoms with Gasteiger partial charge in [0.2, 0.25) is 0 Å². The summed E-state index contributed by atoms with van der Waals surface area (Å²) in [5.74, 6) is 3.01. The monoisotopic (exact) mass is 320 g/mol. The van der Waals surface area contributed by atoms with Crippen LogP contribution in [0.1, 0.15) is 84.5 Å². The molecule has 0 saturated heterocycles. The fourth-order valence-corrected chi connectivity index (χ4v) is 5.89. The Morgan fingerprint density at radius 3 is 2.35 bits per heavy atom. The zero-order valence-corrected chi connectivity index (χ0v) is 15.7. The molecule has 4 aliphatic carbocycles. The van der Waals surface area contributed by atoms with Crippen molar-refractivity contribution < 1.29 is 0 Å². The number of nitrogens with one attached hydrogen (secondary N) is 2. The standard InChI is InChI=1S/C21H40N2/c1-3-21(2)18-12-11-17(20(21)15-18)16-22-13-14-23-19-9-7-5-4-6-8-10-19/h17-20,22-23H,3-16H2,1-2H3/t17-,18?,20?,21?/m0/s1. The summed E-state index contributed by atoms with van der Waals surface area (Å²) in [7, 11) is 0. The van der Waals surface area contributed by atoms with Gasteiger partial charge in [-0.25, -0.2) is 0 Å². The first-order chi connectivity index (χ1) is 11.2. The molecule has 4 fully saturated rings. The minimum absolute atomic E-state index is 0.682. The van der Waals surface area contributed by atoms with E-state index in [0.29, 0.717) is 5.41 Å². The van der Waals surface area contributed by atoms with Gasteiger partial charge in [0.25, 0.3) is 0 Å². The van der Waals surface area contributed by atoms with E-state index in [4.69, 9.17) is 0 Å². The molecule has 4 aliphatic rings. The van der Waals surface area contributed by atoms with Crippen LogP contribution in [0, 0.1) is 23.2 Å². The molecule has 2 nitrogen and oxygen atoms in total. The minimum Gasteiger partial charge on any atom is -0.315 e. The molecule has 3 unspecified atom stereocenters. The maximum Gasteiger partial charge on any atom is 0.00793 e. The van der Waals surface area contributed by atoms with Gasteiger partial charge in [-0.1, -0.05) is 52.4 Å². The van der Waals surface area contributed by atoms with E-state index in [1.54, 1.807) is 0 Å². The van der Waals surface area contributed by atoms with E-state index >= 15 is 0 Å². The van der Waals surface area contributed by atoms with Crippen LogP contribution in [0.2, 0.25) is 0 Å². The molecule has 2 bridgehead atoms. The van der Waals surface area contributed by atoms with Crippen LogP contribution >= 0.6 is 0 Å². The lowest BCUT2D eigenvalue weighted by molar-refractivity contribution is -0.119. The van der Waals surface area contributed by atoms with Crippen molar-refractivity contribution in [3.63, 3.8) is 0 Å². The molecule has 4 atom stereocenters. The average molecular weight is 321 g/mol. The Bertz CT molecular complexity index is 346. The van der Waals surface area contributed by atoms with Gasteiger partial charge in [0.05, 0.1) is 0 Å². The van der Waals surface area contributed by atoms with Gasteiger partial charge < -0.3 is 10.6 Å². The van der Waals surface area contributed by atoms with Crippen LogP contribution in [0.15, 0.2) is 0 Å². The van der Waals surface area contributed by atoms with Gasteiger partial charge >= 0.3 is 0 Å².